The third-order valence-corrected chi connectivity index (χ3v) is 8.21. The number of hydrogen-bond donors (Lipinski definition) is 1. The minimum atomic E-state index is -0.576. The number of amides is 2. The molecule has 1 aliphatic carbocycles. The average molecular weight is 590 g/mol. The first-order valence-corrected chi connectivity index (χ1v) is 15.0. The van der Waals surface area contributed by atoms with Crippen LogP contribution in [0.2, 0.25) is 0 Å². The predicted molar refractivity (Wildman–Crippen MR) is 162 cm³/mol. The van der Waals surface area contributed by atoms with E-state index in [9.17, 15) is 9.59 Å². The van der Waals surface area contributed by atoms with Crippen molar-refractivity contribution in [1.82, 2.24) is 10.2 Å². The monoisotopic (exact) mass is 588 g/mol. The summed E-state index contributed by atoms with van der Waals surface area (Å²) in [6, 6.07) is 26.2. The van der Waals surface area contributed by atoms with Gasteiger partial charge >= 0.3 is 0 Å². The van der Waals surface area contributed by atoms with Gasteiger partial charge in [-0.2, -0.15) is 0 Å². The number of nitrogens with one attached hydrogen (secondary N) is 1. The lowest BCUT2D eigenvalue weighted by molar-refractivity contribution is -0.141. The van der Waals surface area contributed by atoms with Crippen LogP contribution < -0.4 is 5.32 Å². The topological polar surface area (TPSA) is 49.4 Å². The van der Waals surface area contributed by atoms with Crippen molar-refractivity contribution in [2.75, 3.05) is 0 Å². The van der Waals surface area contributed by atoms with Crippen LogP contribution in [0.15, 0.2) is 83.3 Å². The Morgan fingerprint density at radius 1 is 0.872 bits per heavy atom. The van der Waals surface area contributed by atoms with Gasteiger partial charge in [0.1, 0.15) is 6.04 Å². The highest BCUT2D eigenvalue weighted by Gasteiger charge is 2.32. The first kappa shape index (κ1) is 29.1. The molecule has 0 bridgehead atoms. The number of carbonyl (C=O) groups excluding carboxylic acids is 2. The number of halogens is 1. The molecule has 0 spiro atoms. The van der Waals surface area contributed by atoms with Crippen LogP contribution in [0.1, 0.15) is 75.1 Å². The summed E-state index contributed by atoms with van der Waals surface area (Å²) in [5.74, 6) is -0.0499. The maximum atomic E-state index is 13.9. The van der Waals surface area contributed by atoms with Gasteiger partial charge in [-0.05, 0) is 59.1 Å². The lowest BCUT2D eigenvalue weighted by atomic mass is 9.86. The Morgan fingerprint density at radius 2 is 1.49 bits per heavy atom. The second-order valence-electron chi connectivity index (χ2n) is 11.8. The van der Waals surface area contributed by atoms with Crippen LogP contribution in [-0.4, -0.2) is 28.8 Å². The van der Waals surface area contributed by atoms with Crippen LogP contribution in [0.4, 0.5) is 0 Å². The van der Waals surface area contributed by atoms with Gasteiger partial charge in [-0.25, -0.2) is 0 Å². The summed E-state index contributed by atoms with van der Waals surface area (Å²) in [7, 11) is 0. The van der Waals surface area contributed by atoms with Gasteiger partial charge in [0.15, 0.2) is 0 Å². The molecule has 4 nitrogen and oxygen atoms in total. The smallest absolute Gasteiger partial charge is 0.243 e. The van der Waals surface area contributed by atoms with Crippen LogP contribution in [0.5, 0.6) is 0 Å². The largest absolute Gasteiger partial charge is 0.352 e. The molecule has 3 aromatic carbocycles. The van der Waals surface area contributed by atoms with Crippen molar-refractivity contribution < 1.29 is 9.59 Å². The molecule has 1 atom stereocenters. The van der Waals surface area contributed by atoms with Crippen LogP contribution in [-0.2, 0) is 34.4 Å². The summed E-state index contributed by atoms with van der Waals surface area (Å²) < 4.78 is 0.989. The third-order valence-electron chi connectivity index (χ3n) is 7.69. The van der Waals surface area contributed by atoms with E-state index in [1.165, 1.54) is 5.56 Å². The molecule has 5 heteroatoms. The molecular formula is C34H41BrN2O2. The molecular weight excluding hydrogens is 548 g/mol. The minimum Gasteiger partial charge on any atom is -0.352 e. The highest BCUT2D eigenvalue weighted by molar-refractivity contribution is 9.10. The number of rotatable bonds is 10. The second kappa shape index (κ2) is 13.4. The summed E-state index contributed by atoms with van der Waals surface area (Å²) in [6.45, 7) is 7.00. The highest BCUT2D eigenvalue weighted by atomic mass is 79.9. The van der Waals surface area contributed by atoms with E-state index in [4.69, 9.17) is 0 Å². The van der Waals surface area contributed by atoms with Crippen LogP contribution in [0.3, 0.4) is 0 Å². The lowest BCUT2D eigenvalue weighted by Crippen LogP contribution is -2.52. The van der Waals surface area contributed by atoms with Gasteiger partial charge < -0.3 is 10.2 Å². The maximum absolute atomic E-state index is 13.9. The van der Waals surface area contributed by atoms with E-state index in [0.29, 0.717) is 25.8 Å². The zero-order chi connectivity index (χ0) is 27.8. The zero-order valence-corrected chi connectivity index (χ0v) is 25.0. The van der Waals surface area contributed by atoms with E-state index in [-0.39, 0.29) is 23.3 Å². The van der Waals surface area contributed by atoms with E-state index in [2.05, 4.69) is 66.3 Å². The summed E-state index contributed by atoms with van der Waals surface area (Å²) in [5.41, 5.74) is 4.56. The van der Waals surface area contributed by atoms with Gasteiger partial charge in [-0.3, -0.25) is 9.59 Å². The van der Waals surface area contributed by atoms with Crippen molar-refractivity contribution in [2.45, 2.75) is 89.8 Å². The molecule has 39 heavy (non-hydrogen) atoms. The normalized spacial score (nSPS) is 14.7. The Kier molecular flexibility index (Phi) is 10.0. The predicted octanol–water partition coefficient (Wildman–Crippen LogP) is 7.38. The number of hydrogen-bond acceptors (Lipinski definition) is 2. The van der Waals surface area contributed by atoms with Crippen molar-refractivity contribution in [3.8, 4) is 0 Å². The molecule has 0 aromatic heterocycles. The standard InChI is InChI=1S/C34H41BrN2O2/c1-34(2,3)28-18-13-25(14-19-28)17-22-32(38)37(24-27-15-20-29(35)21-16-27)31(23-26-9-5-4-6-10-26)33(39)36-30-11-7-8-12-30/h4-6,9-10,13-16,18-21,30-31H,7-8,11-12,17,22-24H2,1-3H3,(H,36,39). The molecule has 1 unspecified atom stereocenters. The number of nitrogens with zero attached hydrogens (tertiary/aromatic N) is 1. The van der Waals surface area contributed by atoms with Crippen LogP contribution in [0.25, 0.3) is 0 Å². The van der Waals surface area contributed by atoms with E-state index in [0.717, 1.165) is 46.8 Å². The third kappa shape index (κ3) is 8.53. The highest BCUT2D eigenvalue weighted by Crippen LogP contribution is 2.24. The molecule has 0 saturated heterocycles. The van der Waals surface area contributed by atoms with E-state index in [1.54, 1.807) is 0 Å². The van der Waals surface area contributed by atoms with Crippen molar-refractivity contribution in [1.29, 1.82) is 0 Å². The van der Waals surface area contributed by atoms with Gasteiger partial charge in [0, 0.05) is 29.9 Å². The van der Waals surface area contributed by atoms with Gasteiger partial charge in [-0.15, -0.1) is 0 Å². The first-order chi connectivity index (χ1) is 18.7. The molecule has 1 N–H and O–H groups in total. The van der Waals surface area contributed by atoms with Gasteiger partial charge in [0.2, 0.25) is 11.8 Å². The number of carbonyl (C=O) groups is 2. The molecule has 0 aliphatic heterocycles. The van der Waals surface area contributed by atoms with Crippen molar-refractivity contribution in [3.05, 3.63) is 106 Å². The fraction of sp³-hybridized carbons (Fsp3) is 0.412. The summed E-state index contributed by atoms with van der Waals surface area (Å²) in [4.78, 5) is 29.5. The molecule has 206 valence electrons. The quantitative estimate of drug-likeness (QED) is 0.268. The number of benzene rings is 3. The Bertz CT molecular complexity index is 1210. The Balaban J connectivity index is 1.58. The SMILES string of the molecule is CC(C)(C)c1ccc(CCC(=O)N(Cc2ccc(Br)cc2)C(Cc2ccccc2)C(=O)NC2CCCC2)cc1. The van der Waals surface area contributed by atoms with Gasteiger partial charge in [-0.1, -0.05) is 116 Å². The number of aryl methyl sites for hydroxylation is 1. The summed E-state index contributed by atoms with van der Waals surface area (Å²) in [5, 5.41) is 3.28. The average Bonchev–Trinajstić information content (AvgIpc) is 3.43. The summed E-state index contributed by atoms with van der Waals surface area (Å²) in [6.07, 6.45) is 5.79. The van der Waals surface area contributed by atoms with Crippen LogP contribution in [0, 0.1) is 0 Å². The zero-order valence-electron chi connectivity index (χ0n) is 23.5. The first-order valence-electron chi connectivity index (χ1n) is 14.2. The molecule has 2 amide bonds. The molecule has 0 heterocycles. The van der Waals surface area contributed by atoms with E-state index >= 15 is 0 Å². The van der Waals surface area contributed by atoms with E-state index < -0.39 is 6.04 Å². The van der Waals surface area contributed by atoms with Crippen LogP contribution >= 0.6 is 15.9 Å². The molecule has 1 saturated carbocycles. The Morgan fingerprint density at radius 3 is 2.10 bits per heavy atom. The molecule has 1 aliphatic rings. The Labute approximate surface area is 242 Å². The van der Waals surface area contributed by atoms with Crippen molar-refractivity contribution >= 4 is 27.7 Å². The molecule has 1 fully saturated rings. The fourth-order valence-corrected chi connectivity index (χ4v) is 5.54. The van der Waals surface area contributed by atoms with Crippen molar-refractivity contribution in [2.24, 2.45) is 0 Å². The van der Waals surface area contributed by atoms with Gasteiger partial charge in [0.25, 0.3) is 0 Å². The van der Waals surface area contributed by atoms with Crippen molar-refractivity contribution in [3.63, 3.8) is 0 Å². The molecule has 3 aromatic rings. The molecule has 4 rings (SSSR count). The summed E-state index contributed by atoms with van der Waals surface area (Å²) >= 11 is 3.51. The van der Waals surface area contributed by atoms with Gasteiger partial charge in [0.05, 0.1) is 0 Å². The minimum absolute atomic E-state index is 0.000296. The lowest BCUT2D eigenvalue weighted by Gasteiger charge is -2.32. The maximum Gasteiger partial charge on any atom is 0.243 e. The fourth-order valence-electron chi connectivity index (χ4n) is 5.27. The second-order valence-corrected chi connectivity index (χ2v) is 12.7. The Hall–Kier alpha value is -2.92. The van der Waals surface area contributed by atoms with E-state index in [1.807, 2.05) is 59.5 Å². The molecule has 0 radical (unpaired) electrons.